The summed E-state index contributed by atoms with van der Waals surface area (Å²) in [6.45, 7) is 1.96. The molecule has 20 heavy (non-hydrogen) atoms. The first kappa shape index (κ1) is 13.7. The van der Waals surface area contributed by atoms with E-state index >= 15 is 0 Å². The summed E-state index contributed by atoms with van der Waals surface area (Å²) in [5.74, 6) is -0.268. The van der Waals surface area contributed by atoms with Gasteiger partial charge in [-0.25, -0.2) is 4.79 Å². The summed E-state index contributed by atoms with van der Waals surface area (Å²) >= 11 is 3.44. The van der Waals surface area contributed by atoms with Gasteiger partial charge >= 0.3 is 5.97 Å². The number of hydrogen-bond donors (Lipinski definition) is 1. The minimum absolute atomic E-state index is 0.129. The van der Waals surface area contributed by atoms with E-state index in [1.165, 1.54) is 0 Å². The molecule has 1 N–H and O–H groups in total. The first-order valence-electron chi connectivity index (χ1n) is 6.97. The average Bonchev–Trinajstić information content (AvgIpc) is 2.66. The summed E-state index contributed by atoms with van der Waals surface area (Å²) in [6, 6.07) is 5.63. The number of hydrogen-bond acceptors (Lipinski definition) is 3. The highest BCUT2D eigenvalue weighted by Gasteiger charge is 2.48. The Morgan fingerprint density at radius 2 is 1.95 bits per heavy atom. The van der Waals surface area contributed by atoms with Gasteiger partial charge in [-0.05, 0) is 55.9 Å². The van der Waals surface area contributed by atoms with Crippen LogP contribution in [0.25, 0.3) is 5.57 Å². The number of aryl methyl sites for hydroxylation is 1. The average molecular weight is 337 g/mol. The van der Waals surface area contributed by atoms with Crippen LogP contribution in [-0.2, 0) is 9.53 Å². The van der Waals surface area contributed by atoms with Gasteiger partial charge in [0.15, 0.2) is 11.4 Å². The topological polar surface area (TPSA) is 46.5 Å². The molecule has 0 atom stereocenters. The smallest absolute Gasteiger partial charge is 0.343 e. The van der Waals surface area contributed by atoms with Gasteiger partial charge in [0, 0.05) is 4.47 Å². The number of carbonyl (C=O) groups excluding carboxylic acids is 1. The van der Waals surface area contributed by atoms with Gasteiger partial charge in [0.2, 0.25) is 0 Å². The second-order valence-electron chi connectivity index (χ2n) is 5.63. The van der Waals surface area contributed by atoms with Crippen LogP contribution >= 0.6 is 15.9 Å². The van der Waals surface area contributed by atoms with E-state index in [1.54, 1.807) is 0 Å². The summed E-state index contributed by atoms with van der Waals surface area (Å²) in [5.41, 5.74) is 1.34. The van der Waals surface area contributed by atoms with E-state index in [9.17, 15) is 9.90 Å². The summed E-state index contributed by atoms with van der Waals surface area (Å²) in [5, 5.41) is 10.6. The van der Waals surface area contributed by atoms with Crippen LogP contribution in [-0.4, -0.2) is 16.7 Å². The molecule has 0 unspecified atom stereocenters. The van der Waals surface area contributed by atoms with Crippen LogP contribution in [0.2, 0.25) is 0 Å². The zero-order valence-electron chi connectivity index (χ0n) is 11.4. The molecule has 0 aromatic heterocycles. The number of carbonyl (C=O) groups is 1. The Hall–Kier alpha value is -1.29. The van der Waals surface area contributed by atoms with Gasteiger partial charge in [-0.3, -0.25) is 0 Å². The largest absolute Gasteiger partial charge is 0.507 e. The van der Waals surface area contributed by atoms with E-state index in [1.807, 2.05) is 25.1 Å². The third-order valence-corrected chi connectivity index (χ3v) is 5.16. The monoisotopic (exact) mass is 336 g/mol. The zero-order chi connectivity index (χ0) is 14.3. The Bertz CT molecular complexity index is 598. The van der Waals surface area contributed by atoms with Crippen LogP contribution in [0.15, 0.2) is 28.4 Å². The highest BCUT2D eigenvalue weighted by molar-refractivity contribution is 9.10. The first-order chi connectivity index (χ1) is 9.53. The fourth-order valence-electron chi connectivity index (χ4n) is 3.12. The minimum atomic E-state index is -0.758. The molecule has 0 saturated heterocycles. The van der Waals surface area contributed by atoms with Crippen molar-refractivity contribution in [3.05, 3.63) is 39.6 Å². The molecule has 1 spiro atoms. The second kappa shape index (κ2) is 4.92. The van der Waals surface area contributed by atoms with Gasteiger partial charge < -0.3 is 9.84 Å². The maximum absolute atomic E-state index is 12.2. The van der Waals surface area contributed by atoms with Crippen LogP contribution in [0, 0.1) is 6.92 Å². The molecule has 0 amide bonds. The van der Waals surface area contributed by atoms with E-state index in [-0.39, 0.29) is 5.76 Å². The SMILES string of the molecule is Cc1cc(C2=C(O)C3(CCCCC3)OC2=O)ccc1Br. The molecule has 4 heteroatoms. The normalized spacial score (nSPS) is 21.4. The lowest BCUT2D eigenvalue weighted by Crippen LogP contribution is -2.34. The van der Waals surface area contributed by atoms with Gasteiger partial charge in [-0.1, -0.05) is 28.4 Å². The molecule has 1 heterocycles. The van der Waals surface area contributed by atoms with Crippen molar-refractivity contribution in [2.24, 2.45) is 0 Å². The van der Waals surface area contributed by atoms with Gasteiger partial charge in [-0.2, -0.15) is 0 Å². The summed E-state index contributed by atoms with van der Waals surface area (Å²) in [7, 11) is 0. The van der Waals surface area contributed by atoms with E-state index in [0.717, 1.165) is 47.7 Å². The van der Waals surface area contributed by atoms with E-state index in [0.29, 0.717) is 5.57 Å². The Balaban J connectivity index is 2.06. The molecule has 1 aliphatic carbocycles. The van der Waals surface area contributed by atoms with Crippen LogP contribution in [0.3, 0.4) is 0 Å². The molecule has 1 saturated carbocycles. The molecule has 3 rings (SSSR count). The Labute approximate surface area is 126 Å². The van der Waals surface area contributed by atoms with Gasteiger partial charge in [-0.15, -0.1) is 0 Å². The van der Waals surface area contributed by atoms with Crippen molar-refractivity contribution in [1.82, 2.24) is 0 Å². The summed E-state index contributed by atoms with van der Waals surface area (Å²) in [6.07, 6.45) is 4.57. The van der Waals surface area contributed by atoms with Crippen molar-refractivity contribution in [3.8, 4) is 0 Å². The van der Waals surface area contributed by atoms with E-state index < -0.39 is 11.6 Å². The van der Waals surface area contributed by atoms with Crippen LogP contribution in [0.4, 0.5) is 0 Å². The van der Waals surface area contributed by atoms with Gasteiger partial charge in [0.25, 0.3) is 0 Å². The number of rotatable bonds is 1. The molecule has 1 aliphatic heterocycles. The molecule has 0 bridgehead atoms. The molecule has 3 nitrogen and oxygen atoms in total. The Morgan fingerprint density at radius 1 is 1.25 bits per heavy atom. The third-order valence-electron chi connectivity index (χ3n) is 4.27. The Kier molecular flexibility index (Phi) is 3.36. The van der Waals surface area contributed by atoms with Crippen LogP contribution < -0.4 is 0 Å². The molecule has 1 fully saturated rings. The molecule has 1 aromatic carbocycles. The maximum atomic E-state index is 12.2. The number of ether oxygens (including phenoxy) is 1. The molecule has 0 radical (unpaired) electrons. The standard InChI is InChI=1S/C16H17BrO3/c1-10-9-11(5-6-12(10)17)13-14(18)16(20-15(13)19)7-3-2-4-8-16/h5-6,9,18H,2-4,7-8H2,1H3. The number of halogens is 1. The van der Waals surface area contributed by atoms with Crippen molar-refractivity contribution in [3.63, 3.8) is 0 Å². The zero-order valence-corrected chi connectivity index (χ0v) is 13.0. The van der Waals surface area contributed by atoms with Crippen molar-refractivity contribution in [2.75, 3.05) is 0 Å². The number of benzene rings is 1. The highest BCUT2D eigenvalue weighted by Crippen LogP contribution is 2.45. The maximum Gasteiger partial charge on any atom is 0.343 e. The number of aliphatic hydroxyl groups is 1. The lowest BCUT2D eigenvalue weighted by molar-refractivity contribution is -0.149. The number of aliphatic hydroxyl groups excluding tert-OH is 1. The molecular formula is C16H17BrO3. The molecule has 1 aromatic rings. The third kappa shape index (κ3) is 2.06. The second-order valence-corrected chi connectivity index (χ2v) is 6.49. The van der Waals surface area contributed by atoms with Crippen molar-refractivity contribution >= 4 is 27.5 Å². The Morgan fingerprint density at radius 3 is 2.60 bits per heavy atom. The van der Waals surface area contributed by atoms with Crippen LogP contribution in [0.1, 0.15) is 43.2 Å². The minimum Gasteiger partial charge on any atom is -0.507 e. The predicted molar refractivity (Wildman–Crippen MR) is 80.3 cm³/mol. The summed E-state index contributed by atoms with van der Waals surface area (Å²) in [4.78, 5) is 12.2. The predicted octanol–water partition coefficient (Wildman–Crippen LogP) is 4.29. The first-order valence-corrected chi connectivity index (χ1v) is 7.76. The van der Waals surface area contributed by atoms with Crippen molar-refractivity contribution < 1.29 is 14.6 Å². The summed E-state index contributed by atoms with van der Waals surface area (Å²) < 4.78 is 6.55. The van der Waals surface area contributed by atoms with Gasteiger partial charge in [0.1, 0.15) is 5.57 Å². The lowest BCUT2D eigenvalue weighted by atomic mass is 9.82. The van der Waals surface area contributed by atoms with Crippen LogP contribution in [0.5, 0.6) is 0 Å². The lowest BCUT2D eigenvalue weighted by Gasteiger charge is -2.31. The fraction of sp³-hybridized carbons (Fsp3) is 0.438. The molecule has 106 valence electrons. The van der Waals surface area contributed by atoms with Gasteiger partial charge in [0.05, 0.1) is 0 Å². The number of esters is 1. The molecule has 2 aliphatic rings. The van der Waals surface area contributed by atoms with Crippen molar-refractivity contribution in [1.29, 1.82) is 0 Å². The highest BCUT2D eigenvalue weighted by atomic mass is 79.9. The van der Waals surface area contributed by atoms with E-state index in [2.05, 4.69) is 15.9 Å². The fourth-order valence-corrected chi connectivity index (χ4v) is 3.36. The quantitative estimate of drug-likeness (QED) is 0.778. The van der Waals surface area contributed by atoms with E-state index in [4.69, 9.17) is 4.74 Å². The van der Waals surface area contributed by atoms with Crippen molar-refractivity contribution in [2.45, 2.75) is 44.6 Å². The molecular weight excluding hydrogens is 320 g/mol.